The molecule has 2 nitrogen and oxygen atoms in total. The Kier molecular flexibility index (Phi) is 3.69. The van der Waals surface area contributed by atoms with E-state index >= 15 is 0 Å². The average Bonchev–Trinajstić information content (AvgIpc) is 2.65. The number of allylic oxidation sites excluding steroid dienone is 2. The Labute approximate surface area is 148 Å². The molecule has 0 aromatic heterocycles. The average molecular weight is 327 g/mol. The molecule has 0 saturated carbocycles. The summed E-state index contributed by atoms with van der Waals surface area (Å²) >= 11 is 0. The first-order chi connectivity index (χ1) is 12.1. The third kappa shape index (κ3) is 2.45. The molecule has 0 aliphatic carbocycles. The Morgan fingerprint density at radius 1 is 0.880 bits per heavy atom. The molecule has 0 spiro atoms. The van der Waals surface area contributed by atoms with Crippen molar-refractivity contribution in [2.45, 2.75) is 20.3 Å². The van der Waals surface area contributed by atoms with Crippen molar-refractivity contribution < 1.29 is 4.79 Å². The van der Waals surface area contributed by atoms with Crippen LogP contribution in [0.2, 0.25) is 0 Å². The molecule has 0 radical (unpaired) electrons. The number of hydrogen-bond acceptors (Lipinski definition) is 2. The van der Waals surface area contributed by atoms with Gasteiger partial charge in [0.1, 0.15) is 0 Å². The van der Waals surface area contributed by atoms with Gasteiger partial charge < -0.3 is 4.90 Å². The zero-order chi connectivity index (χ0) is 17.6. The molecule has 1 aliphatic rings. The van der Waals surface area contributed by atoms with Crippen LogP contribution in [0.5, 0.6) is 0 Å². The van der Waals surface area contributed by atoms with Crippen molar-refractivity contribution in [1.29, 1.82) is 0 Å². The predicted molar refractivity (Wildman–Crippen MR) is 104 cm³/mol. The summed E-state index contributed by atoms with van der Waals surface area (Å²) in [6.45, 7) is 4.13. The Morgan fingerprint density at radius 3 is 2.36 bits per heavy atom. The molecule has 0 amide bonds. The number of ketones is 1. The quantitative estimate of drug-likeness (QED) is 0.595. The lowest BCUT2D eigenvalue weighted by atomic mass is 9.88. The highest BCUT2D eigenvalue weighted by Gasteiger charge is 2.25. The monoisotopic (exact) mass is 327 g/mol. The summed E-state index contributed by atoms with van der Waals surface area (Å²) < 4.78 is 0. The van der Waals surface area contributed by atoms with Gasteiger partial charge >= 0.3 is 0 Å². The number of Topliss-reactive ketones (excluding diaryl/α,β-unsaturated/α-hetero) is 1. The zero-order valence-corrected chi connectivity index (χ0v) is 14.8. The summed E-state index contributed by atoms with van der Waals surface area (Å²) in [6, 6.07) is 20.5. The van der Waals surface area contributed by atoms with Crippen molar-refractivity contribution in [3.63, 3.8) is 0 Å². The van der Waals surface area contributed by atoms with E-state index in [2.05, 4.69) is 30.0 Å². The van der Waals surface area contributed by atoms with Gasteiger partial charge in [-0.2, -0.15) is 0 Å². The number of carbonyl (C=O) groups is 1. The zero-order valence-electron chi connectivity index (χ0n) is 14.8. The second-order valence-electron chi connectivity index (χ2n) is 6.73. The van der Waals surface area contributed by atoms with E-state index in [0.717, 1.165) is 27.6 Å². The third-order valence-electron chi connectivity index (χ3n) is 5.32. The molecule has 0 unspecified atom stereocenters. The van der Waals surface area contributed by atoms with Gasteiger partial charge in [-0.15, -0.1) is 0 Å². The van der Waals surface area contributed by atoms with Crippen LogP contribution in [0.1, 0.15) is 28.4 Å². The number of nitrogens with zero attached hydrogens (tertiary/aromatic N) is 1. The van der Waals surface area contributed by atoms with Crippen LogP contribution in [-0.4, -0.2) is 12.8 Å². The highest BCUT2D eigenvalue weighted by molar-refractivity contribution is 6.17. The molecule has 4 rings (SSSR count). The number of carbonyl (C=O) groups excluding carboxylic acids is 1. The predicted octanol–water partition coefficient (Wildman–Crippen LogP) is 5.30. The number of fused-ring (bicyclic) bond motifs is 2. The Balaban J connectivity index is 1.85. The number of para-hydroxylation sites is 1. The number of rotatable bonds is 2. The van der Waals surface area contributed by atoms with Crippen LogP contribution in [0.25, 0.3) is 10.8 Å². The van der Waals surface area contributed by atoms with Gasteiger partial charge in [-0.25, -0.2) is 0 Å². The van der Waals surface area contributed by atoms with Crippen LogP contribution in [-0.2, 0) is 6.42 Å². The minimum Gasteiger partial charge on any atom is -0.348 e. The lowest BCUT2D eigenvalue weighted by molar-refractivity contribution is 0.103. The van der Waals surface area contributed by atoms with Gasteiger partial charge in [-0.05, 0) is 41.8 Å². The molecule has 1 heterocycles. The molecule has 0 saturated heterocycles. The van der Waals surface area contributed by atoms with E-state index in [4.69, 9.17) is 0 Å². The third-order valence-corrected chi connectivity index (χ3v) is 5.32. The Bertz CT molecular complexity index is 1030. The summed E-state index contributed by atoms with van der Waals surface area (Å²) in [5.41, 5.74) is 6.30. The SMILES string of the molecule is CC1=C(C(=O)c2ccc(C)c3ccccc23)Cc2ccccc2N1C. The molecule has 124 valence electrons. The summed E-state index contributed by atoms with van der Waals surface area (Å²) in [7, 11) is 2.04. The van der Waals surface area contributed by atoms with Gasteiger partial charge in [-0.3, -0.25) is 4.79 Å². The van der Waals surface area contributed by atoms with Crippen molar-refractivity contribution >= 4 is 22.2 Å². The van der Waals surface area contributed by atoms with E-state index < -0.39 is 0 Å². The van der Waals surface area contributed by atoms with Crippen LogP contribution in [0.4, 0.5) is 5.69 Å². The van der Waals surface area contributed by atoms with Gasteiger partial charge in [0.2, 0.25) is 0 Å². The standard InChI is InChI=1S/C23H21NO/c1-15-12-13-20(19-10-6-5-9-18(15)19)23(25)21-14-17-8-4-7-11-22(17)24(3)16(21)2/h4-13H,14H2,1-3H3. The molecule has 25 heavy (non-hydrogen) atoms. The first-order valence-electron chi connectivity index (χ1n) is 8.62. The van der Waals surface area contributed by atoms with Gasteiger partial charge in [0.25, 0.3) is 0 Å². The smallest absolute Gasteiger partial charge is 0.191 e. The number of hydrogen-bond donors (Lipinski definition) is 0. The maximum atomic E-state index is 13.4. The largest absolute Gasteiger partial charge is 0.348 e. The summed E-state index contributed by atoms with van der Waals surface area (Å²) in [6.07, 6.45) is 0.688. The maximum Gasteiger partial charge on any atom is 0.191 e. The number of benzene rings is 3. The fraction of sp³-hybridized carbons (Fsp3) is 0.174. The number of aryl methyl sites for hydroxylation is 1. The van der Waals surface area contributed by atoms with E-state index in [-0.39, 0.29) is 5.78 Å². The van der Waals surface area contributed by atoms with Gasteiger partial charge in [0.15, 0.2) is 5.78 Å². The summed E-state index contributed by atoms with van der Waals surface area (Å²) in [5.74, 6) is 0.134. The number of anilines is 1. The van der Waals surface area contributed by atoms with Crippen LogP contribution in [0.15, 0.2) is 71.9 Å². The summed E-state index contributed by atoms with van der Waals surface area (Å²) in [4.78, 5) is 15.5. The van der Waals surface area contributed by atoms with Crippen LogP contribution < -0.4 is 4.90 Å². The van der Waals surface area contributed by atoms with E-state index in [1.165, 1.54) is 16.8 Å². The van der Waals surface area contributed by atoms with Gasteiger partial charge in [0, 0.05) is 36.0 Å². The highest BCUT2D eigenvalue weighted by atomic mass is 16.1. The molecule has 3 aromatic carbocycles. The first-order valence-corrected chi connectivity index (χ1v) is 8.62. The molecule has 0 atom stereocenters. The van der Waals surface area contributed by atoms with Crippen LogP contribution in [0, 0.1) is 6.92 Å². The molecule has 0 fully saturated rings. The normalized spacial score (nSPS) is 14.0. The van der Waals surface area contributed by atoms with Gasteiger partial charge in [-0.1, -0.05) is 54.6 Å². The van der Waals surface area contributed by atoms with Crippen molar-refractivity contribution in [1.82, 2.24) is 0 Å². The molecule has 0 N–H and O–H groups in total. The molecule has 1 aliphatic heterocycles. The lowest BCUT2D eigenvalue weighted by Gasteiger charge is -2.30. The van der Waals surface area contributed by atoms with Crippen molar-refractivity contribution in [2.24, 2.45) is 0 Å². The van der Waals surface area contributed by atoms with Crippen LogP contribution >= 0.6 is 0 Å². The van der Waals surface area contributed by atoms with Crippen molar-refractivity contribution in [3.8, 4) is 0 Å². The maximum absolute atomic E-state index is 13.4. The van der Waals surface area contributed by atoms with E-state index in [1.807, 2.05) is 56.4 Å². The van der Waals surface area contributed by atoms with E-state index in [1.54, 1.807) is 0 Å². The van der Waals surface area contributed by atoms with Crippen molar-refractivity contribution in [2.75, 3.05) is 11.9 Å². The molecular formula is C23H21NO. The minimum absolute atomic E-state index is 0.134. The van der Waals surface area contributed by atoms with E-state index in [0.29, 0.717) is 6.42 Å². The molecule has 2 heteroatoms. The highest BCUT2D eigenvalue weighted by Crippen LogP contribution is 2.34. The molecule has 0 bridgehead atoms. The molecular weight excluding hydrogens is 306 g/mol. The summed E-state index contributed by atoms with van der Waals surface area (Å²) in [5, 5.41) is 2.19. The fourth-order valence-corrected chi connectivity index (χ4v) is 3.74. The van der Waals surface area contributed by atoms with Gasteiger partial charge in [0.05, 0.1) is 0 Å². The first kappa shape index (κ1) is 15.6. The Morgan fingerprint density at radius 2 is 1.56 bits per heavy atom. The Hall–Kier alpha value is -2.87. The molecule has 3 aromatic rings. The minimum atomic E-state index is 0.134. The fourth-order valence-electron chi connectivity index (χ4n) is 3.74. The lowest BCUT2D eigenvalue weighted by Crippen LogP contribution is -2.26. The second-order valence-corrected chi connectivity index (χ2v) is 6.73. The van der Waals surface area contributed by atoms with Crippen LogP contribution in [0.3, 0.4) is 0 Å². The second kappa shape index (κ2) is 5.89. The van der Waals surface area contributed by atoms with Crippen molar-refractivity contribution in [3.05, 3.63) is 88.6 Å². The van der Waals surface area contributed by atoms with E-state index in [9.17, 15) is 4.79 Å². The topological polar surface area (TPSA) is 20.3 Å².